The first kappa shape index (κ1) is 14.7. The molecule has 120 valence electrons. The number of carbonyl (C=O) groups excluding carboxylic acids is 1. The van der Waals surface area contributed by atoms with Crippen LogP contribution in [0.2, 0.25) is 0 Å². The SMILES string of the molecule is C=C1C(=O)C2C[C@H]1CC1=C2[C@]2(C)[C@@H](O)CCC(C)(C)[C@@H]2CC1. The van der Waals surface area contributed by atoms with Crippen molar-refractivity contribution in [2.75, 3.05) is 0 Å². The van der Waals surface area contributed by atoms with E-state index in [0.717, 1.165) is 37.7 Å². The van der Waals surface area contributed by atoms with Crippen molar-refractivity contribution in [3.63, 3.8) is 0 Å². The molecule has 0 amide bonds. The smallest absolute Gasteiger partial charge is 0.165 e. The summed E-state index contributed by atoms with van der Waals surface area (Å²) in [5.41, 5.74) is 3.73. The molecule has 0 spiro atoms. The minimum absolute atomic E-state index is 0.0256. The Morgan fingerprint density at radius 1 is 1.23 bits per heavy atom. The van der Waals surface area contributed by atoms with Crippen LogP contribution in [-0.4, -0.2) is 17.0 Å². The van der Waals surface area contributed by atoms with Crippen molar-refractivity contribution in [1.29, 1.82) is 0 Å². The van der Waals surface area contributed by atoms with Gasteiger partial charge < -0.3 is 5.11 Å². The Kier molecular flexibility index (Phi) is 2.90. The van der Waals surface area contributed by atoms with Gasteiger partial charge in [0.25, 0.3) is 0 Å². The maximum absolute atomic E-state index is 12.7. The highest BCUT2D eigenvalue weighted by Crippen LogP contribution is 2.64. The number of fused-ring (bicyclic) bond motifs is 5. The molecule has 0 heterocycles. The summed E-state index contributed by atoms with van der Waals surface area (Å²) < 4.78 is 0. The van der Waals surface area contributed by atoms with Crippen molar-refractivity contribution in [3.05, 3.63) is 23.3 Å². The fraction of sp³-hybridized carbons (Fsp3) is 0.750. The average molecular weight is 300 g/mol. The van der Waals surface area contributed by atoms with Crippen LogP contribution in [0.15, 0.2) is 23.3 Å². The number of hydrogen-bond acceptors (Lipinski definition) is 2. The highest BCUT2D eigenvalue weighted by atomic mass is 16.3. The van der Waals surface area contributed by atoms with Gasteiger partial charge in [0.15, 0.2) is 5.78 Å². The molecule has 5 atom stereocenters. The zero-order valence-electron chi connectivity index (χ0n) is 14.1. The number of carbonyl (C=O) groups is 1. The molecule has 0 aromatic heterocycles. The van der Waals surface area contributed by atoms with Crippen LogP contribution in [-0.2, 0) is 4.79 Å². The molecule has 4 aliphatic carbocycles. The van der Waals surface area contributed by atoms with E-state index in [-0.39, 0.29) is 28.6 Å². The van der Waals surface area contributed by atoms with Gasteiger partial charge in [0.05, 0.1) is 6.10 Å². The van der Waals surface area contributed by atoms with Crippen molar-refractivity contribution in [2.24, 2.45) is 28.6 Å². The highest BCUT2D eigenvalue weighted by Gasteiger charge is 2.59. The van der Waals surface area contributed by atoms with Gasteiger partial charge in [-0.3, -0.25) is 4.79 Å². The Balaban J connectivity index is 1.87. The lowest BCUT2D eigenvalue weighted by atomic mass is 9.47. The maximum atomic E-state index is 12.7. The third-order valence-electron chi connectivity index (χ3n) is 7.60. The molecular formula is C20H28O2. The summed E-state index contributed by atoms with van der Waals surface area (Å²) in [5.74, 6) is 1.16. The highest BCUT2D eigenvalue weighted by molar-refractivity contribution is 6.02. The summed E-state index contributed by atoms with van der Waals surface area (Å²) in [4.78, 5) is 12.7. The second kappa shape index (κ2) is 4.35. The van der Waals surface area contributed by atoms with Crippen molar-refractivity contribution in [1.82, 2.24) is 0 Å². The molecular weight excluding hydrogens is 272 g/mol. The molecule has 2 fully saturated rings. The molecule has 0 aromatic rings. The van der Waals surface area contributed by atoms with Gasteiger partial charge in [-0.2, -0.15) is 0 Å². The van der Waals surface area contributed by atoms with Gasteiger partial charge >= 0.3 is 0 Å². The third-order valence-corrected chi connectivity index (χ3v) is 7.60. The lowest BCUT2D eigenvalue weighted by Crippen LogP contribution is -2.55. The fourth-order valence-corrected chi connectivity index (χ4v) is 6.46. The van der Waals surface area contributed by atoms with Crippen LogP contribution in [0, 0.1) is 28.6 Å². The van der Waals surface area contributed by atoms with Gasteiger partial charge in [-0.05, 0) is 61.3 Å². The van der Waals surface area contributed by atoms with E-state index in [9.17, 15) is 9.90 Å². The van der Waals surface area contributed by atoms with Gasteiger partial charge in [0, 0.05) is 11.3 Å². The van der Waals surface area contributed by atoms with Gasteiger partial charge in [-0.1, -0.05) is 38.5 Å². The molecule has 0 radical (unpaired) electrons. The van der Waals surface area contributed by atoms with E-state index in [1.54, 1.807) is 0 Å². The van der Waals surface area contributed by atoms with Crippen molar-refractivity contribution >= 4 is 5.78 Å². The van der Waals surface area contributed by atoms with Gasteiger partial charge in [0.2, 0.25) is 0 Å². The van der Waals surface area contributed by atoms with Crippen molar-refractivity contribution < 1.29 is 9.90 Å². The van der Waals surface area contributed by atoms with E-state index in [4.69, 9.17) is 0 Å². The number of ketones is 1. The summed E-state index contributed by atoms with van der Waals surface area (Å²) in [5, 5.41) is 10.9. The second-order valence-corrected chi connectivity index (χ2v) is 9.01. The fourth-order valence-electron chi connectivity index (χ4n) is 6.46. The monoisotopic (exact) mass is 300 g/mol. The molecule has 2 saturated carbocycles. The average Bonchev–Trinajstić information content (AvgIpc) is 2.68. The number of rotatable bonds is 0. The lowest BCUT2D eigenvalue weighted by molar-refractivity contribution is -0.120. The minimum Gasteiger partial charge on any atom is -0.392 e. The van der Waals surface area contributed by atoms with Crippen LogP contribution < -0.4 is 0 Å². The molecule has 1 N–H and O–H groups in total. The van der Waals surface area contributed by atoms with Crippen molar-refractivity contribution in [3.8, 4) is 0 Å². The molecule has 1 unspecified atom stereocenters. The summed E-state index contributed by atoms with van der Waals surface area (Å²) in [7, 11) is 0. The van der Waals surface area contributed by atoms with Gasteiger partial charge in [-0.15, -0.1) is 0 Å². The zero-order chi connectivity index (χ0) is 15.9. The molecule has 22 heavy (non-hydrogen) atoms. The Morgan fingerprint density at radius 3 is 2.68 bits per heavy atom. The first-order valence-electron chi connectivity index (χ1n) is 8.90. The van der Waals surface area contributed by atoms with Crippen molar-refractivity contribution in [2.45, 2.75) is 65.4 Å². The van der Waals surface area contributed by atoms with E-state index >= 15 is 0 Å². The summed E-state index contributed by atoms with van der Waals surface area (Å²) >= 11 is 0. The van der Waals surface area contributed by atoms with E-state index in [0.29, 0.717) is 11.8 Å². The molecule has 4 aliphatic rings. The predicted molar refractivity (Wildman–Crippen MR) is 87.2 cm³/mol. The molecule has 2 heteroatoms. The Hall–Kier alpha value is -0.890. The number of allylic oxidation sites excluding steroid dienone is 2. The van der Waals surface area contributed by atoms with Crippen LogP contribution in [0.5, 0.6) is 0 Å². The number of hydrogen-bond donors (Lipinski definition) is 1. The zero-order valence-corrected chi connectivity index (χ0v) is 14.1. The quantitative estimate of drug-likeness (QED) is 0.541. The second-order valence-electron chi connectivity index (χ2n) is 9.01. The molecule has 2 nitrogen and oxygen atoms in total. The van der Waals surface area contributed by atoms with E-state index < -0.39 is 0 Å². The molecule has 4 rings (SSSR count). The molecule has 0 aliphatic heterocycles. The van der Waals surface area contributed by atoms with Crippen LogP contribution in [0.3, 0.4) is 0 Å². The maximum Gasteiger partial charge on any atom is 0.165 e. The van der Waals surface area contributed by atoms with E-state index in [1.165, 1.54) is 17.6 Å². The van der Waals surface area contributed by atoms with E-state index in [1.807, 2.05) is 0 Å². The predicted octanol–water partition coefficient (Wildman–Crippen LogP) is 4.05. The van der Waals surface area contributed by atoms with Crippen LogP contribution in [0.25, 0.3) is 0 Å². The number of aliphatic hydroxyl groups excluding tert-OH is 1. The number of Topliss-reactive ketones (excluding diaryl/α,β-unsaturated/α-hetero) is 1. The third kappa shape index (κ3) is 1.62. The Bertz CT molecular complexity index is 597. The molecule has 0 saturated heterocycles. The minimum atomic E-state index is -0.297. The first-order valence-corrected chi connectivity index (χ1v) is 8.90. The summed E-state index contributed by atoms with van der Waals surface area (Å²) in [6.07, 6.45) is 5.91. The van der Waals surface area contributed by atoms with Gasteiger partial charge in [-0.25, -0.2) is 0 Å². The first-order chi connectivity index (χ1) is 10.3. The Labute approximate surface area is 133 Å². The molecule has 2 bridgehead atoms. The van der Waals surface area contributed by atoms with E-state index in [2.05, 4.69) is 27.4 Å². The standard InChI is InChI=1S/C20H28O2/c1-11-13-9-12-5-6-15-19(2,3)8-7-16(21)20(15,4)17(12)14(10-13)18(11)22/h13-16,21H,1,5-10H2,2-4H3/t13-,14?,15+,16+,20+/m1/s1. The lowest BCUT2D eigenvalue weighted by Gasteiger charge is -2.58. The summed E-state index contributed by atoms with van der Waals surface area (Å²) in [6, 6.07) is 0. The van der Waals surface area contributed by atoms with Crippen LogP contribution in [0.4, 0.5) is 0 Å². The number of aliphatic hydroxyl groups is 1. The normalized spacial score (nSPS) is 46.5. The largest absolute Gasteiger partial charge is 0.392 e. The topological polar surface area (TPSA) is 37.3 Å². The van der Waals surface area contributed by atoms with Crippen LogP contribution in [0.1, 0.15) is 59.3 Å². The van der Waals surface area contributed by atoms with Gasteiger partial charge in [0.1, 0.15) is 0 Å². The Morgan fingerprint density at radius 2 is 1.95 bits per heavy atom. The van der Waals surface area contributed by atoms with Crippen LogP contribution >= 0.6 is 0 Å². The molecule has 0 aromatic carbocycles. The summed E-state index contributed by atoms with van der Waals surface area (Å²) in [6.45, 7) is 11.0.